The summed E-state index contributed by atoms with van der Waals surface area (Å²) in [5.41, 5.74) is 2.12. The summed E-state index contributed by atoms with van der Waals surface area (Å²) >= 11 is 0. The molecule has 1 aliphatic rings. The summed E-state index contributed by atoms with van der Waals surface area (Å²) < 4.78 is 11.4. The number of piperidine rings is 1. The number of rotatable bonds is 6. The van der Waals surface area contributed by atoms with Gasteiger partial charge in [-0.15, -0.1) is 12.4 Å². The predicted molar refractivity (Wildman–Crippen MR) is 110 cm³/mol. The Morgan fingerprint density at radius 1 is 1.15 bits per heavy atom. The van der Waals surface area contributed by atoms with Gasteiger partial charge in [0, 0.05) is 12.8 Å². The first-order valence-corrected chi connectivity index (χ1v) is 8.98. The van der Waals surface area contributed by atoms with Crippen LogP contribution in [0, 0.1) is 6.92 Å². The van der Waals surface area contributed by atoms with Crippen LogP contribution in [0.1, 0.15) is 24.0 Å². The van der Waals surface area contributed by atoms with Gasteiger partial charge in [-0.2, -0.15) is 0 Å². The number of nitrogens with one attached hydrogen (secondary N) is 2. The molecule has 0 unspecified atom stereocenters. The maximum Gasteiger partial charge on any atom is 0.256 e. The third kappa shape index (κ3) is 5.22. The highest BCUT2D eigenvalue weighted by Crippen LogP contribution is 2.27. The molecule has 3 rings (SSSR count). The molecule has 1 amide bonds. The summed E-state index contributed by atoms with van der Waals surface area (Å²) in [7, 11) is 1.61. The second kappa shape index (κ2) is 9.74. The van der Waals surface area contributed by atoms with Gasteiger partial charge in [0.15, 0.2) is 0 Å². The predicted octanol–water partition coefficient (Wildman–Crippen LogP) is 3.70. The fourth-order valence-corrected chi connectivity index (χ4v) is 3.20. The molecular formula is C21H27ClN2O3. The van der Waals surface area contributed by atoms with Gasteiger partial charge in [0.05, 0.1) is 0 Å². The number of carbonyl (C=O) groups is 1. The number of amides is 1. The zero-order valence-electron chi connectivity index (χ0n) is 15.8. The molecule has 0 radical (unpaired) electrons. The normalized spacial score (nSPS) is 15.5. The van der Waals surface area contributed by atoms with Crippen molar-refractivity contribution in [3.8, 4) is 5.75 Å². The monoisotopic (exact) mass is 390 g/mol. The van der Waals surface area contributed by atoms with Crippen molar-refractivity contribution in [3.63, 3.8) is 0 Å². The summed E-state index contributed by atoms with van der Waals surface area (Å²) in [5.74, 6) is 0.704. The van der Waals surface area contributed by atoms with E-state index >= 15 is 0 Å². The van der Waals surface area contributed by atoms with Gasteiger partial charge in [0.1, 0.15) is 18.0 Å². The first-order valence-electron chi connectivity index (χ1n) is 8.98. The number of carbonyl (C=O) groups excluding carboxylic acids is 1. The van der Waals surface area contributed by atoms with Crippen LogP contribution in [0.3, 0.4) is 0 Å². The largest absolute Gasteiger partial charge is 0.489 e. The summed E-state index contributed by atoms with van der Waals surface area (Å²) in [6.45, 7) is 4.05. The van der Waals surface area contributed by atoms with Gasteiger partial charge in [0.25, 0.3) is 5.91 Å². The molecule has 27 heavy (non-hydrogen) atoms. The molecule has 1 heterocycles. The van der Waals surface area contributed by atoms with Crippen molar-refractivity contribution in [2.75, 3.05) is 25.5 Å². The summed E-state index contributed by atoms with van der Waals surface area (Å²) in [5, 5.41) is 6.29. The maximum absolute atomic E-state index is 12.8. The maximum atomic E-state index is 12.8. The second-order valence-corrected chi connectivity index (χ2v) is 6.65. The quantitative estimate of drug-likeness (QED) is 0.789. The molecule has 0 saturated carbocycles. The Hall–Kier alpha value is -2.08. The lowest BCUT2D eigenvalue weighted by molar-refractivity contribution is -0.140. The average Bonchev–Trinajstić information content (AvgIpc) is 2.69. The van der Waals surface area contributed by atoms with Gasteiger partial charge in [-0.1, -0.05) is 30.3 Å². The van der Waals surface area contributed by atoms with Crippen molar-refractivity contribution in [2.24, 2.45) is 0 Å². The summed E-state index contributed by atoms with van der Waals surface area (Å²) in [6, 6.07) is 15.8. The van der Waals surface area contributed by atoms with Gasteiger partial charge in [-0.3, -0.25) is 4.79 Å². The molecule has 2 N–H and O–H groups in total. The number of methoxy groups -OCH3 is 1. The summed E-state index contributed by atoms with van der Waals surface area (Å²) in [4.78, 5) is 12.8. The zero-order chi connectivity index (χ0) is 18.4. The van der Waals surface area contributed by atoms with Crippen LogP contribution in [0.25, 0.3) is 0 Å². The number of benzene rings is 2. The Kier molecular flexibility index (Phi) is 7.66. The molecule has 0 atom stereocenters. The minimum Gasteiger partial charge on any atom is -0.489 e. The van der Waals surface area contributed by atoms with Crippen LogP contribution in [-0.2, 0) is 16.1 Å². The minimum absolute atomic E-state index is 0. The summed E-state index contributed by atoms with van der Waals surface area (Å²) in [6.07, 6.45) is 1.35. The third-order valence-electron chi connectivity index (χ3n) is 4.91. The third-order valence-corrected chi connectivity index (χ3v) is 4.91. The molecule has 5 nitrogen and oxygen atoms in total. The van der Waals surface area contributed by atoms with Crippen molar-refractivity contribution < 1.29 is 14.3 Å². The molecule has 1 aliphatic heterocycles. The Morgan fingerprint density at radius 3 is 2.48 bits per heavy atom. The van der Waals surface area contributed by atoms with Crippen molar-refractivity contribution in [1.29, 1.82) is 0 Å². The lowest BCUT2D eigenvalue weighted by Crippen LogP contribution is -2.51. The van der Waals surface area contributed by atoms with Crippen molar-refractivity contribution in [3.05, 3.63) is 59.7 Å². The number of aryl methyl sites for hydroxylation is 1. The lowest BCUT2D eigenvalue weighted by atomic mass is 9.91. The standard InChI is InChI=1S/C21H26N2O3.ClH/c1-16-14-18(26-15-17-6-4-3-5-7-17)8-9-19(16)23-20(24)21(25-2)10-12-22-13-11-21;/h3-9,14,22H,10-13,15H2,1-2H3,(H,23,24);1H. The molecule has 146 valence electrons. The Morgan fingerprint density at radius 2 is 1.85 bits per heavy atom. The van der Waals surface area contributed by atoms with E-state index in [1.807, 2.05) is 55.5 Å². The van der Waals surface area contributed by atoms with Crippen molar-refractivity contribution in [2.45, 2.75) is 32.0 Å². The zero-order valence-corrected chi connectivity index (χ0v) is 16.6. The van der Waals surface area contributed by atoms with Crippen LogP contribution in [0.5, 0.6) is 5.75 Å². The molecule has 0 aliphatic carbocycles. The Labute approximate surface area is 166 Å². The fourth-order valence-electron chi connectivity index (χ4n) is 3.20. The van der Waals surface area contributed by atoms with E-state index < -0.39 is 5.60 Å². The van der Waals surface area contributed by atoms with Gasteiger partial charge < -0.3 is 20.1 Å². The van der Waals surface area contributed by atoms with E-state index in [9.17, 15) is 4.79 Å². The molecule has 0 bridgehead atoms. The SMILES string of the molecule is COC1(C(=O)Nc2ccc(OCc3ccccc3)cc2C)CCNCC1.Cl. The molecule has 1 fully saturated rings. The van der Waals surface area contributed by atoms with E-state index in [1.165, 1.54) is 0 Å². The van der Waals surface area contributed by atoms with E-state index in [0.717, 1.165) is 35.7 Å². The number of hydrogen-bond donors (Lipinski definition) is 2. The fraction of sp³-hybridized carbons (Fsp3) is 0.381. The van der Waals surface area contributed by atoms with Gasteiger partial charge >= 0.3 is 0 Å². The van der Waals surface area contributed by atoms with Crippen LogP contribution in [0.4, 0.5) is 5.69 Å². The van der Waals surface area contributed by atoms with E-state index in [0.29, 0.717) is 19.4 Å². The number of halogens is 1. The van der Waals surface area contributed by atoms with Crippen molar-refractivity contribution in [1.82, 2.24) is 5.32 Å². The molecule has 0 aromatic heterocycles. The highest BCUT2D eigenvalue weighted by Gasteiger charge is 2.39. The van der Waals surface area contributed by atoms with Crippen LogP contribution in [0.15, 0.2) is 48.5 Å². The lowest BCUT2D eigenvalue weighted by Gasteiger charge is -2.34. The minimum atomic E-state index is -0.750. The van der Waals surface area contributed by atoms with E-state index in [2.05, 4.69) is 10.6 Å². The van der Waals surface area contributed by atoms with Crippen LogP contribution in [-0.4, -0.2) is 31.7 Å². The molecule has 2 aromatic carbocycles. The number of hydrogen-bond acceptors (Lipinski definition) is 4. The Bertz CT molecular complexity index is 746. The number of ether oxygens (including phenoxy) is 2. The molecule has 2 aromatic rings. The van der Waals surface area contributed by atoms with Crippen LogP contribution < -0.4 is 15.4 Å². The Balaban J connectivity index is 0.00000261. The highest BCUT2D eigenvalue weighted by molar-refractivity contribution is 5.98. The van der Waals surface area contributed by atoms with E-state index in [-0.39, 0.29) is 18.3 Å². The van der Waals surface area contributed by atoms with E-state index in [4.69, 9.17) is 9.47 Å². The van der Waals surface area contributed by atoms with Gasteiger partial charge in [0.2, 0.25) is 0 Å². The first kappa shape index (κ1) is 21.2. The van der Waals surface area contributed by atoms with Crippen molar-refractivity contribution >= 4 is 24.0 Å². The molecule has 0 spiro atoms. The average molecular weight is 391 g/mol. The molecule has 1 saturated heterocycles. The second-order valence-electron chi connectivity index (χ2n) is 6.65. The van der Waals surface area contributed by atoms with Gasteiger partial charge in [-0.05, 0) is 62.2 Å². The molecular weight excluding hydrogens is 364 g/mol. The smallest absolute Gasteiger partial charge is 0.256 e. The molecule has 6 heteroatoms. The first-order chi connectivity index (χ1) is 12.6. The van der Waals surface area contributed by atoms with Gasteiger partial charge in [-0.25, -0.2) is 0 Å². The van der Waals surface area contributed by atoms with Crippen LogP contribution >= 0.6 is 12.4 Å². The van der Waals surface area contributed by atoms with E-state index in [1.54, 1.807) is 7.11 Å². The number of anilines is 1. The highest BCUT2D eigenvalue weighted by atomic mass is 35.5. The van der Waals surface area contributed by atoms with Crippen LogP contribution in [0.2, 0.25) is 0 Å². The topological polar surface area (TPSA) is 59.6 Å².